The van der Waals surface area contributed by atoms with Crippen LogP contribution in [0.3, 0.4) is 0 Å². The molecular formula is C10H16N2O2. The third-order valence-electron chi connectivity index (χ3n) is 2.42. The lowest BCUT2D eigenvalue weighted by Crippen LogP contribution is -2.20. The average molecular weight is 196 g/mol. The Morgan fingerprint density at radius 1 is 1.64 bits per heavy atom. The van der Waals surface area contributed by atoms with Gasteiger partial charge in [0.15, 0.2) is 0 Å². The molecule has 0 saturated carbocycles. The fourth-order valence-electron chi connectivity index (χ4n) is 1.26. The molecule has 1 rings (SSSR count). The largest absolute Gasteiger partial charge is 0.466 e. The molecule has 0 aliphatic heterocycles. The molecule has 0 aliphatic rings. The number of aromatic amines is 1. The topological polar surface area (TPSA) is 55.0 Å². The number of nitrogens with one attached hydrogen (secondary N) is 1. The first-order chi connectivity index (χ1) is 6.66. The molecule has 0 radical (unpaired) electrons. The zero-order chi connectivity index (χ0) is 10.6. The summed E-state index contributed by atoms with van der Waals surface area (Å²) in [7, 11) is 0. The molecule has 78 valence electrons. The first-order valence-corrected chi connectivity index (χ1v) is 4.81. The van der Waals surface area contributed by atoms with Crippen molar-refractivity contribution in [2.45, 2.75) is 26.7 Å². The van der Waals surface area contributed by atoms with Gasteiger partial charge in [0, 0.05) is 17.8 Å². The summed E-state index contributed by atoms with van der Waals surface area (Å²) in [5, 5.41) is 0. The maximum absolute atomic E-state index is 11.4. The van der Waals surface area contributed by atoms with Crippen LogP contribution < -0.4 is 0 Å². The first kappa shape index (κ1) is 10.8. The van der Waals surface area contributed by atoms with Crippen molar-refractivity contribution < 1.29 is 9.53 Å². The maximum Gasteiger partial charge on any atom is 0.309 e. The summed E-state index contributed by atoms with van der Waals surface area (Å²) in [6.45, 7) is 6.09. The van der Waals surface area contributed by atoms with E-state index in [2.05, 4.69) is 9.97 Å². The summed E-state index contributed by atoms with van der Waals surface area (Å²) in [6.07, 6.45) is 3.35. The summed E-state index contributed by atoms with van der Waals surface area (Å²) in [4.78, 5) is 18.3. The predicted octanol–water partition coefficient (Wildman–Crippen LogP) is 1.71. The van der Waals surface area contributed by atoms with E-state index >= 15 is 0 Å². The number of nitrogens with zero attached hydrogens (tertiary/aromatic N) is 1. The Balaban J connectivity index is 2.61. The van der Waals surface area contributed by atoms with Gasteiger partial charge in [-0.2, -0.15) is 0 Å². The number of imidazole rings is 1. The lowest BCUT2D eigenvalue weighted by Gasteiger charge is -2.16. The first-order valence-electron chi connectivity index (χ1n) is 4.81. The monoisotopic (exact) mass is 196 g/mol. The number of rotatable bonds is 4. The molecule has 1 aromatic rings. The molecule has 1 heterocycles. The predicted molar refractivity (Wildman–Crippen MR) is 52.8 cm³/mol. The molecule has 1 aromatic heterocycles. The highest BCUT2D eigenvalue weighted by atomic mass is 16.5. The molecule has 4 nitrogen and oxygen atoms in total. The number of carbonyl (C=O) groups is 1. The molecule has 0 aliphatic carbocycles. The molecule has 2 atom stereocenters. The van der Waals surface area contributed by atoms with E-state index in [9.17, 15) is 4.79 Å². The molecule has 4 heteroatoms. The number of hydrogen-bond acceptors (Lipinski definition) is 3. The summed E-state index contributed by atoms with van der Waals surface area (Å²) in [6, 6.07) is 0. The summed E-state index contributed by atoms with van der Waals surface area (Å²) >= 11 is 0. The maximum atomic E-state index is 11.4. The highest BCUT2D eigenvalue weighted by molar-refractivity contribution is 5.73. The number of hydrogen-bond donors (Lipinski definition) is 1. The normalized spacial score (nSPS) is 14.8. The molecule has 0 bridgehead atoms. The lowest BCUT2D eigenvalue weighted by molar-refractivity contribution is -0.148. The zero-order valence-electron chi connectivity index (χ0n) is 8.78. The molecule has 0 amide bonds. The standard InChI is InChI=1S/C10H16N2O2/c1-4-14-10(13)8(3)7(2)9-5-11-6-12-9/h5-8H,4H2,1-3H3,(H,11,12)/t7-,8+/m1/s1. The Labute approximate surface area is 83.7 Å². The third-order valence-corrected chi connectivity index (χ3v) is 2.42. The summed E-state index contributed by atoms with van der Waals surface area (Å²) in [5.74, 6) is -0.193. The number of aromatic nitrogens is 2. The van der Waals surface area contributed by atoms with Crippen molar-refractivity contribution >= 4 is 5.97 Å². The molecule has 1 N–H and O–H groups in total. The van der Waals surface area contributed by atoms with Gasteiger partial charge in [-0.25, -0.2) is 4.98 Å². The van der Waals surface area contributed by atoms with Crippen LogP contribution in [0.2, 0.25) is 0 Å². The molecule has 0 unspecified atom stereocenters. The number of carbonyl (C=O) groups excluding carboxylic acids is 1. The fraction of sp³-hybridized carbons (Fsp3) is 0.600. The van der Waals surface area contributed by atoms with Gasteiger partial charge in [0.25, 0.3) is 0 Å². The molecular weight excluding hydrogens is 180 g/mol. The van der Waals surface area contributed by atoms with Crippen LogP contribution in [-0.4, -0.2) is 22.5 Å². The minimum absolute atomic E-state index is 0.108. The van der Waals surface area contributed by atoms with Crippen LogP contribution in [0, 0.1) is 5.92 Å². The summed E-state index contributed by atoms with van der Waals surface area (Å²) < 4.78 is 4.95. The van der Waals surface area contributed by atoms with Gasteiger partial charge in [0.2, 0.25) is 0 Å². The van der Waals surface area contributed by atoms with Gasteiger partial charge in [-0.05, 0) is 6.92 Å². The quantitative estimate of drug-likeness (QED) is 0.746. The van der Waals surface area contributed by atoms with E-state index in [0.29, 0.717) is 6.61 Å². The Bertz CT molecular complexity index is 282. The molecule has 0 aromatic carbocycles. The van der Waals surface area contributed by atoms with Crippen LogP contribution in [0.25, 0.3) is 0 Å². The van der Waals surface area contributed by atoms with Crippen molar-refractivity contribution in [1.82, 2.24) is 9.97 Å². The Morgan fingerprint density at radius 3 is 2.86 bits per heavy atom. The van der Waals surface area contributed by atoms with Crippen molar-refractivity contribution in [2.24, 2.45) is 5.92 Å². The van der Waals surface area contributed by atoms with Crippen LogP contribution >= 0.6 is 0 Å². The number of esters is 1. The van der Waals surface area contributed by atoms with Crippen molar-refractivity contribution in [3.8, 4) is 0 Å². The van der Waals surface area contributed by atoms with Crippen molar-refractivity contribution in [2.75, 3.05) is 6.61 Å². The third kappa shape index (κ3) is 2.34. The van der Waals surface area contributed by atoms with E-state index in [1.54, 1.807) is 12.5 Å². The van der Waals surface area contributed by atoms with Gasteiger partial charge >= 0.3 is 5.97 Å². The summed E-state index contributed by atoms with van der Waals surface area (Å²) in [5.41, 5.74) is 0.963. The highest BCUT2D eigenvalue weighted by Gasteiger charge is 2.23. The van der Waals surface area contributed by atoms with E-state index < -0.39 is 0 Å². The molecule has 0 saturated heterocycles. The second-order valence-corrected chi connectivity index (χ2v) is 3.34. The number of H-pyrrole nitrogens is 1. The zero-order valence-corrected chi connectivity index (χ0v) is 8.78. The van der Waals surface area contributed by atoms with Crippen LogP contribution in [0.1, 0.15) is 32.4 Å². The van der Waals surface area contributed by atoms with E-state index in [4.69, 9.17) is 4.74 Å². The molecule has 14 heavy (non-hydrogen) atoms. The SMILES string of the molecule is CCOC(=O)[C@@H](C)[C@@H](C)c1cnc[nH]1. The van der Waals surface area contributed by atoms with Crippen LogP contribution in [0.5, 0.6) is 0 Å². The second-order valence-electron chi connectivity index (χ2n) is 3.34. The van der Waals surface area contributed by atoms with Gasteiger partial charge in [-0.1, -0.05) is 13.8 Å². The van der Waals surface area contributed by atoms with E-state index in [1.807, 2.05) is 20.8 Å². The fourth-order valence-corrected chi connectivity index (χ4v) is 1.26. The van der Waals surface area contributed by atoms with Gasteiger partial charge < -0.3 is 9.72 Å². The smallest absolute Gasteiger partial charge is 0.309 e. The van der Waals surface area contributed by atoms with E-state index in [-0.39, 0.29) is 17.8 Å². The van der Waals surface area contributed by atoms with Gasteiger partial charge in [0.1, 0.15) is 0 Å². The van der Waals surface area contributed by atoms with Crippen molar-refractivity contribution in [1.29, 1.82) is 0 Å². The minimum atomic E-state index is -0.158. The van der Waals surface area contributed by atoms with E-state index in [1.165, 1.54) is 0 Å². The second kappa shape index (κ2) is 4.79. The number of ether oxygens (including phenoxy) is 1. The van der Waals surface area contributed by atoms with Gasteiger partial charge in [-0.3, -0.25) is 4.79 Å². The average Bonchev–Trinajstić information content (AvgIpc) is 2.68. The van der Waals surface area contributed by atoms with Crippen LogP contribution in [0.4, 0.5) is 0 Å². The highest BCUT2D eigenvalue weighted by Crippen LogP contribution is 2.22. The van der Waals surface area contributed by atoms with Crippen LogP contribution in [-0.2, 0) is 9.53 Å². The lowest BCUT2D eigenvalue weighted by atomic mass is 9.93. The van der Waals surface area contributed by atoms with Crippen LogP contribution in [0.15, 0.2) is 12.5 Å². The van der Waals surface area contributed by atoms with Gasteiger partial charge in [0.05, 0.1) is 18.9 Å². The molecule has 0 fully saturated rings. The Kier molecular flexibility index (Phi) is 3.68. The Morgan fingerprint density at radius 2 is 2.36 bits per heavy atom. The van der Waals surface area contributed by atoms with Crippen molar-refractivity contribution in [3.05, 3.63) is 18.2 Å². The van der Waals surface area contributed by atoms with E-state index in [0.717, 1.165) is 5.69 Å². The Hall–Kier alpha value is -1.32. The minimum Gasteiger partial charge on any atom is -0.466 e. The van der Waals surface area contributed by atoms with Gasteiger partial charge in [-0.15, -0.1) is 0 Å². The molecule has 0 spiro atoms. The van der Waals surface area contributed by atoms with Crippen molar-refractivity contribution in [3.63, 3.8) is 0 Å².